The van der Waals surface area contributed by atoms with E-state index < -0.39 is 12.1 Å². The summed E-state index contributed by atoms with van der Waals surface area (Å²) in [6.45, 7) is 0.675. The molecular weight excluding hydrogens is 376 g/mol. The van der Waals surface area contributed by atoms with Crippen LogP contribution in [0.5, 0.6) is 5.75 Å². The molecule has 1 aliphatic rings. The fraction of sp³-hybridized carbons (Fsp3) is 0.438. The zero-order valence-electron chi connectivity index (χ0n) is 14.4. The van der Waals surface area contributed by atoms with Crippen molar-refractivity contribution in [3.8, 4) is 5.75 Å². The van der Waals surface area contributed by atoms with E-state index in [0.717, 1.165) is 5.69 Å². The molecule has 26 heavy (non-hydrogen) atoms. The van der Waals surface area contributed by atoms with E-state index in [9.17, 15) is 9.90 Å². The van der Waals surface area contributed by atoms with Gasteiger partial charge < -0.3 is 19.9 Å². The molecule has 2 N–H and O–H groups in total. The molecule has 0 amide bonds. The summed E-state index contributed by atoms with van der Waals surface area (Å²) >= 11 is 6.71. The molecular formula is C16H20N4O4S2. The maximum absolute atomic E-state index is 11.9. The van der Waals surface area contributed by atoms with Gasteiger partial charge in [-0.2, -0.15) is 0 Å². The quantitative estimate of drug-likeness (QED) is 0.566. The normalized spacial score (nSPS) is 20.1. The minimum absolute atomic E-state index is 0.305. The van der Waals surface area contributed by atoms with Gasteiger partial charge in [0.25, 0.3) is 0 Å². The molecule has 140 valence electrons. The van der Waals surface area contributed by atoms with Crippen molar-refractivity contribution in [3.05, 3.63) is 28.2 Å². The highest BCUT2D eigenvalue weighted by molar-refractivity contribution is 7.73. The number of nitrogens with zero attached hydrogens (tertiary/aromatic N) is 3. The Hall–Kier alpha value is -2.01. The van der Waals surface area contributed by atoms with E-state index in [1.165, 1.54) is 18.4 Å². The standard InChI is InChI=1S/C16H20N4O4S2/c1-23-13-6-4-3-5-11(13)17-15-18-20(16(25)26-15)9-19-8-10(21)7-12(19)14(22)24-2/h3-6,10,12,21H,7-9H2,1-2H3,(H,17,18)/t10-,12+/m1/s1. The minimum Gasteiger partial charge on any atom is -0.495 e. The van der Waals surface area contributed by atoms with Crippen molar-refractivity contribution in [2.75, 3.05) is 26.1 Å². The van der Waals surface area contributed by atoms with Crippen LogP contribution in [0.25, 0.3) is 0 Å². The number of likely N-dealkylation sites (tertiary alicyclic amines) is 1. The highest BCUT2D eigenvalue weighted by Crippen LogP contribution is 2.29. The third-order valence-corrected chi connectivity index (χ3v) is 5.35. The summed E-state index contributed by atoms with van der Waals surface area (Å²) in [5.41, 5.74) is 0.787. The zero-order valence-corrected chi connectivity index (χ0v) is 16.0. The first-order valence-corrected chi connectivity index (χ1v) is 9.22. The number of aliphatic hydroxyl groups is 1. The van der Waals surface area contributed by atoms with E-state index in [1.807, 2.05) is 29.2 Å². The molecule has 1 saturated heterocycles. The Labute approximate surface area is 160 Å². The van der Waals surface area contributed by atoms with Gasteiger partial charge in [0.15, 0.2) is 3.95 Å². The van der Waals surface area contributed by atoms with Gasteiger partial charge in [-0.05, 0) is 24.4 Å². The molecule has 1 fully saturated rings. The summed E-state index contributed by atoms with van der Waals surface area (Å²) in [6.07, 6.45) is -0.228. The van der Waals surface area contributed by atoms with Crippen LogP contribution in [-0.2, 0) is 16.2 Å². The smallest absolute Gasteiger partial charge is 0.323 e. The maximum atomic E-state index is 11.9. The van der Waals surface area contributed by atoms with Gasteiger partial charge in [-0.25, -0.2) is 4.68 Å². The molecule has 10 heteroatoms. The molecule has 0 bridgehead atoms. The average Bonchev–Trinajstić information content (AvgIpc) is 3.17. The zero-order chi connectivity index (χ0) is 18.7. The molecule has 0 saturated carbocycles. The molecule has 2 heterocycles. The Morgan fingerprint density at radius 1 is 1.46 bits per heavy atom. The lowest BCUT2D eigenvalue weighted by Crippen LogP contribution is -2.38. The van der Waals surface area contributed by atoms with Crippen LogP contribution in [0.1, 0.15) is 6.42 Å². The lowest BCUT2D eigenvalue weighted by molar-refractivity contribution is -0.146. The molecule has 1 aliphatic heterocycles. The van der Waals surface area contributed by atoms with Gasteiger partial charge in [0.2, 0.25) is 5.13 Å². The van der Waals surface area contributed by atoms with Crippen LogP contribution in [0, 0.1) is 3.95 Å². The number of ether oxygens (including phenoxy) is 2. The Morgan fingerprint density at radius 3 is 2.96 bits per heavy atom. The van der Waals surface area contributed by atoms with E-state index in [-0.39, 0.29) is 5.97 Å². The van der Waals surface area contributed by atoms with Crippen LogP contribution in [0.2, 0.25) is 0 Å². The van der Waals surface area contributed by atoms with Crippen LogP contribution in [0.3, 0.4) is 0 Å². The predicted molar refractivity (Wildman–Crippen MR) is 100 cm³/mol. The SMILES string of the molecule is COC(=O)[C@@H]1C[C@@H](O)CN1Cn1nc(Nc2ccccc2OC)sc1=S. The third-order valence-electron chi connectivity index (χ3n) is 4.13. The van der Waals surface area contributed by atoms with Gasteiger partial charge in [0.05, 0.1) is 32.7 Å². The van der Waals surface area contributed by atoms with E-state index in [2.05, 4.69) is 10.4 Å². The van der Waals surface area contributed by atoms with Gasteiger partial charge in [-0.3, -0.25) is 9.69 Å². The second-order valence-corrected chi connectivity index (χ2v) is 7.46. The van der Waals surface area contributed by atoms with E-state index in [4.69, 9.17) is 21.7 Å². The predicted octanol–water partition coefficient (Wildman–Crippen LogP) is 1.99. The molecule has 0 spiro atoms. The van der Waals surface area contributed by atoms with Gasteiger partial charge in [-0.15, -0.1) is 5.10 Å². The van der Waals surface area contributed by atoms with Crippen molar-refractivity contribution >= 4 is 40.3 Å². The first-order valence-electron chi connectivity index (χ1n) is 7.99. The number of aliphatic hydroxyl groups excluding tert-OH is 1. The Balaban J connectivity index is 1.76. The van der Waals surface area contributed by atoms with Crippen molar-refractivity contribution in [1.29, 1.82) is 0 Å². The van der Waals surface area contributed by atoms with Gasteiger partial charge in [0, 0.05) is 13.0 Å². The molecule has 0 aliphatic carbocycles. The number of aromatic nitrogens is 2. The first-order chi connectivity index (χ1) is 12.5. The fourth-order valence-electron chi connectivity index (χ4n) is 2.90. The van der Waals surface area contributed by atoms with Gasteiger partial charge in [0.1, 0.15) is 11.8 Å². The van der Waals surface area contributed by atoms with Crippen molar-refractivity contribution in [2.24, 2.45) is 0 Å². The number of β-amino-alcohol motifs (C(OH)–C–C–N with tert-alkyl or cyclic N) is 1. The number of methoxy groups -OCH3 is 2. The molecule has 2 aromatic rings. The van der Waals surface area contributed by atoms with Crippen molar-refractivity contribution < 1.29 is 19.4 Å². The van der Waals surface area contributed by atoms with Crippen LogP contribution < -0.4 is 10.1 Å². The highest BCUT2D eigenvalue weighted by Gasteiger charge is 2.37. The second-order valence-electron chi connectivity index (χ2n) is 5.84. The second kappa shape index (κ2) is 8.12. The van der Waals surface area contributed by atoms with Crippen LogP contribution in [-0.4, -0.2) is 58.7 Å². The molecule has 1 aromatic heterocycles. The highest BCUT2D eigenvalue weighted by atomic mass is 32.1. The lowest BCUT2D eigenvalue weighted by atomic mass is 10.2. The number of carbonyl (C=O) groups is 1. The Morgan fingerprint density at radius 2 is 2.23 bits per heavy atom. The molecule has 0 radical (unpaired) electrons. The number of rotatable bonds is 6. The number of carbonyl (C=O) groups excluding carboxylic acids is 1. The molecule has 2 atom stereocenters. The summed E-state index contributed by atoms with van der Waals surface area (Å²) in [5, 5.41) is 18.2. The maximum Gasteiger partial charge on any atom is 0.323 e. The molecule has 1 aromatic carbocycles. The monoisotopic (exact) mass is 396 g/mol. The molecule has 8 nitrogen and oxygen atoms in total. The Bertz CT molecular complexity index is 838. The Kier molecular flexibility index (Phi) is 5.87. The summed E-state index contributed by atoms with van der Waals surface area (Å²) in [5.74, 6) is 0.337. The van der Waals surface area contributed by atoms with Crippen molar-refractivity contribution in [3.63, 3.8) is 0 Å². The summed E-state index contributed by atoms with van der Waals surface area (Å²) in [6, 6.07) is 7.02. The molecule has 0 unspecified atom stereocenters. The largest absolute Gasteiger partial charge is 0.495 e. The van der Waals surface area contributed by atoms with Crippen molar-refractivity contribution in [2.45, 2.75) is 25.2 Å². The van der Waals surface area contributed by atoms with E-state index in [1.54, 1.807) is 11.8 Å². The number of hydrogen-bond donors (Lipinski definition) is 2. The van der Waals surface area contributed by atoms with Crippen LogP contribution >= 0.6 is 23.6 Å². The van der Waals surface area contributed by atoms with Gasteiger partial charge in [-0.1, -0.05) is 23.5 Å². The number of benzene rings is 1. The molecule has 3 rings (SSSR count). The number of anilines is 2. The summed E-state index contributed by atoms with van der Waals surface area (Å²) < 4.78 is 12.3. The average molecular weight is 396 g/mol. The number of nitrogens with one attached hydrogen (secondary N) is 1. The lowest BCUT2D eigenvalue weighted by Gasteiger charge is -2.21. The third kappa shape index (κ3) is 4.04. The van der Waals surface area contributed by atoms with Crippen LogP contribution in [0.4, 0.5) is 10.8 Å². The minimum atomic E-state index is -0.571. The fourth-order valence-corrected chi connectivity index (χ4v) is 3.90. The van der Waals surface area contributed by atoms with E-state index >= 15 is 0 Å². The number of para-hydroxylation sites is 2. The summed E-state index contributed by atoms with van der Waals surface area (Å²) in [7, 11) is 2.95. The van der Waals surface area contributed by atoms with Crippen LogP contribution in [0.15, 0.2) is 24.3 Å². The van der Waals surface area contributed by atoms with E-state index in [0.29, 0.717) is 34.5 Å². The van der Waals surface area contributed by atoms with Gasteiger partial charge >= 0.3 is 5.97 Å². The number of hydrogen-bond acceptors (Lipinski definition) is 9. The first kappa shape index (κ1) is 18.8. The number of esters is 1. The topological polar surface area (TPSA) is 88.9 Å². The summed E-state index contributed by atoms with van der Waals surface area (Å²) in [4.78, 5) is 13.7. The van der Waals surface area contributed by atoms with Crippen molar-refractivity contribution in [1.82, 2.24) is 14.7 Å².